The van der Waals surface area contributed by atoms with Crippen LogP contribution in [0.5, 0.6) is 0 Å². The van der Waals surface area contributed by atoms with Gasteiger partial charge in [-0.15, -0.1) is 0 Å². The Bertz CT molecular complexity index is 574. The maximum atomic E-state index is 11.8. The molecular weight excluding hydrogens is 321 g/mol. The zero-order chi connectivity index (χ0) is 14.1. The summed E-state index contributed by atoms with van der Waals surface area (Å²) in [7, 11) is -3.72. The molecule has 0 aromatic heterocycles. The highest BCUT2D eigenvalue weighted by atomic mass is 35.5. The molecule has 8 heteroatoms. The number of sulfonamides is 1. The van der Waals surface area contributed by atoms with Gasteiger partial charge in [0.25, 0.3) is 0 Å². The van der Waals surface area contributed by atoms with Gasteiger partial charge < -0.3 is 0 Å². The molecule has 1 aromatic rings. The van der Waals surface area contributed by atoms with Crippen LogP contribution in [0.25, 0.3) is 0 Å². The van der Waals surface area contributed by atoms with Crippen molar-refractivity contribution < 1.29 is 13.2 Å². The van der Waals surface area contributed by atoms with E-state index >= 15 is 0 Å². The van der Waals surface area contributed by atoms with Crippen LogP contribution in [0.1, 0.15) is 6.92 Å². The van der Waals surface area contributed by atoms with Crippen LogP contribution >= 0.6 is 34.8 Å². The summed E-state index contributed by atoms with van der Waals surface area (Å²) in [5.41, 5.74) is 0.119. The van der Waals surface area contributed by atoms with Crippen molar-refractivity contribution in [3.63, 3.8) is 0 Å². The normalized spacial score (nSPS) is 13.2. The maximum absolute atomic E-state index is 11.8. The summed E-state index contributed by atoms with van der Waals surface area (Å²) in [5.74, 6) is 0. The molecule has 0 amide bonds. The Hall–Kier alpha value is -0.490. The van der Waals surface area contributed by atoms with E-state index in [0.717, 1.165) is 10.6 Å². The largest absolute Gasteiger partial charge is 0.279 e. The molecule has 1 atom stereocenters. The van der Waals surface area contributed by atoms with E-state index in [1.165, 1.54) is 25.1 Å². The zero-order valence-electron chi connectivity index (χ0n) is 9.52. The number of benzene rings is 1. The predicted octanol–water partition coefficient (Wildman–Crippen LogP) is 2.91. The van der Waals surface area contributed by atoms with Crippen molar-refractivity contribution in [2.75, 3.05) is 10.6 Å². The molecular formula is C10H10Cl3NO3S. The fourth-order valence-corrected chi connectivity index (χ4v) is 3.18. The molecule has 0 radical (unpaired) electrons. The van der Waals surface area contributed by atoms with E-state index in [2.05, 4.69) is 0 Å². The summed E-state index contributed by atoms with van der Waals surface area (Å²) in [4.78, 5) is 11.2. The van der Waals surface area contributed by atoms with Crippen LogP contribution in [0, 0.1) is 0 Å². The Labute approximate surface area is 120 Å². The van der Waals surface area contributed by atoms with Crippen LogP contribution in [-0.4, -0.2) is 26.0 Å². The molecule has 0 heterocycles. The SMILES string of the molecule is CC(C(=O)Cl)N(c1cc(Cl)ccc1Cl)S(C)(=O)=O. The summed E-state index contributed by atoms with van der Waals surface area (Å²) in [6, 6.07) is 3.25. The Morgan fingerprint density at radius 1 is 1.33 bits per heavy atom. The topological polar surface area (TPSA) is 54.5 Å². The summed E-state index contributed by atoms with van der Waals surface area (Å²) in [6.07, 6.45) is 0.959. The fraction of sp³-hybridized carbons (Fsp3) is 0.300. The second kappa shape index (κ2) is 5.65. The van der Waals surface area contributed by atoms with Gasteiger partial charge in [0, 0.05) is 5.02 Å². The minimum absolute atomic E-state index is 0.119. The summed E-state index contributed by atoms with van der Waals surface area (Å²) < 4.78 is 24.4. The lowest BCUT2D eigenvalue weighted by molar-refractivity contribution is -0.112. The van der Waals surface area contributed by atoms with Crippen LogP contribution in [0.2, 0.25) is 10.0 Å². The average Bonchev–Trinajstić information content (AvgIpc) is 2.21. The van der Waals surface area contributed by atoms with E-state index in [1.54, 1.807) is 0 Å². The van der Waals surface area contributed by atoms with Gasteiger partial charge in [-0.2, -0.15) is 0 Å². The zero-order valence-corrected chi connectivity index (χ0v) is 12.6. The standard InChI is InChI=1S/C10H10Cl3NO3S/c1-6(10(13)15)14(18(2,16)17)9-5-7(11)3-4-8(9)12/h3-6H,1-2H3. The molecule has 0 fully saturated rings. The number of carbonyl (C=O) groups excluding carboxylic acids is 1. The van der Waals surface area contributed by atoms with E-state index in [4.69, 9.17) is 34.8 Å². The van der Waals surface area contributed by atoms with Crippen molar-refractivity contribution >= 4 is 55.8 Å². The van der Waals surface area contributed by atoms with Crippen molar-refractivity contribution in [1.82, 2.24) is 0 Å². The van der Waals surface area contributed by atoms with Gasteiger partial charge in [-0.05, 0) is 36.7 Å². The maximum Gasteiger partial charge on any atom is 0.245 e. The number of anilines is 1. The highest BCUT2D eigenvalue weighted by Gasteiger charge is 2.29. The number of halogens is 3. The Balaban J connectivity index is 3.45. The van der Waals surface area contributed by atoms with Crippen molar-refractivity contribution in [3.8, 4) is 0 Å². The van der Waals surface area contributed by atoms with Crippen molar-refractivity contribution in [2.24, 2.45) is 0 Å². The molecule has 0 saturated carbocycles. The first kappa shape index (κ1) is 15.6. The van der Waals surface area contributed by atoms with E-state index in [1.807, 2.05) is 0 Å². The quantitative estimate of drug-likeness (QED) is 0.798. The first-order chi connectivity index (χ1) is 8.14. The first-order valence-corrected chi connectivity index (χ1v) is 7.76. The van der Waals surface area contributed by atoms with E-state index in [0.29, 0.717) is 5.02 Å². The smallest absolute Gasteiger partial charge is 0.245 e. The van der Waals surface area contributed by atoms with Crippen LogP contribution in [0.3, 0.4) is 0 Å². The molecule has 0 aliphatic carbocycles. The third kappa shape index (κ3) is 3.51. The second-order valence-corrected chi connectivity index (χ2v) is 6.71. The summed E-state index contributed by atoms with van der Waals surface area (Å²) in [5, 5.41) is -0.344. The third-order valence-electron chi connectivity index (χ3n) is 2.18. The molecule has 0 saturated heterocycles. The Morgan fingerprint density at radius 2 is 1.89 bits per heavy atom. The Morgan fingerprint density at radius 3 is 2.33 bits per heavy atom. The molecule has 0 aliphatic rings. The number of nitrogens with zero attached hydrogens (tertiary/aromatic N) is 1. The molecule has 100 valence electrons. The number of rotatable bonds is 4. The van der Waals surface area contributed by atoms with Gasteiger partial charge in [0.2, 0.25) is 15.3 Å². The molecule has 1 unspecified atom stereocenters. The average molecular weight is 331 g/mol. The van der Waals surface area contributed by atoms with Crippen LogP contribution < -0.4 is 4.31 Å². The lowest BCUT2D eigenvalue weighted by Crippen LogP contribution is -2.41. The summed E-state index contributed by atoms with van der Waals surface area (Å²) in [6.45, 7) is 1.37. The van der Waals surface area contributed by atoms with Crippen molar-refractivity contribution in [3.05, 3.63) is 28.2 Å². The lowest BCUT2D eigenvalue weighted by atomic mass is 10.3. The van der Waals surface area contributed by atoms with Gasteiger partial charge in [-0.25, -0.2) is 8.42 Å². The second-order valence-electron chi connectivity index (χ2n) is 3.63. The number of carbonyl (C=O) groups is 1. The Kier molecular flexibility index (Phi) is 4.89. The molecule has 1 rings (SSSR count). The van der Waals surface area contributed by atoms with Crippen molar-refractivity contribution in [1.29, 1.82) is 0 Å². The van der Waals surface area contributed by atoms with Gasteiger partial charge in [0.1, 0.15) is 6.04 Å². The molecule has 1 aromatic carbocycles. The van der Waals surface area contributed by atoms with Gasteiger partial charge in [-0.1, -0.05) is 23.2 Å². The number of hydrogen-bond donors (Lipinski definition) is 0. The van der Waals surface area contributed by atoms with Crippen LogP contribution in [-0.2, 0) is 14.8 Å². The molecule has 0 N–H and O–H groups in total. The first-order valence-electron chi connectivity index (χ1n) is 4.78. The molecule has 0 aliphatic heterocycles. The molecule has 0 bridgehead atoms. The highest BCUT2D eigenvalue weighted by Crippen LogP contribution is 2.32. The van der Waals surface area contributed by atoms with Gasteiger partial charge in [0.15, 0.2) is 0 Å². The predicted molar refractivity (Wildman–Crippen MR) is 74.1 cm³/mol. The van der Waals surface area contributed by atoms with Gasteiger partial charge >= 0.3 is 0 Å². The van der Waals surface area contributed by atoms with E-state index in [9.17, 15) is 13.2 Å². The minimum atomic E-state index is -3.72. The molecule has 0 spiro atoms. The fourth-order valence-electron chi connectivity index (χ4n) is 1.42. The van der Waals surface area contributed by atoms with E-state index < -0.39 is 21.3 Å². The minimum Gasteiger partial charge on any atom is -0.279 e. The van der Waals surface area contributed by atoms with Crippen LogP contribution in [0.4, 0.5) is 5.69 Å². The van der Waals surface area contributed by atoms with Crippen LogP contribution in [0.15, 0.2) is 18.2 Å². The highest BCUT2D eigenvalue weighted by molar-refractivity contribution is 7.92. The molecule has 18 heavy (non-hydrogen) atoms. The monoisotopic (exact) mass is 329 g/mol. The van der Waals surface area contributed by atoms with Crippen molar-refractivity contribution in [2.45, 2.75) is 13.0 Å². The third-order valence-corrected chi connectivity index (χ3v) is 4.28. The van der Waals surface area contributed by atoms with Gasteiger partial charge in [-0.3, -0.25) is 9.10 Å². The van der Waals surface area contributed by atoms with Gasteiger partial charge in [0.05, 0.1) is 17.0 Å². The molecule has 4 nitrogen and oxygen atoms in total. The summed E-state index contributed by atoms with van der Waals surface area (Å²) >= 11 is 17.1. The van der Waals surface area contributed by atoms with E-state index in [-0.39, 0.29) is 10.7 Å². The number of hydrogen-bond acceptors (Lipinski definition) is 3. The lowest BCUT2D eigenvalue weighted by Gasteiger charge is -2.27.